The Balaban J connectivity index is 2.43. The fourth-order valence-electron chi connectivity index (χ4n) is 2.06. The molecule has 0 fully saturated rings. The minimum atomic E-state index is -0.0368. The number of benzene rings is 1. The molecule has 0 spiro atoms. The van der Waals surface area contributed by atoms with E-state index >= 15 is 0 Å². The highest BCUT2D eigenvalue weighted by atomic mass is 16.5. The van der Waals surface area contributed by atoms with E-state index in [-0.39, 0.29) is 5.78 Å². The Morgan fingerprint density at radius 3 is 2.55 bits per heavy atom. The van der Waals surface area contributed by atoms with Gasteiger partial charge < -0.3 is 9.47 Å². The predicted octanol–water partition coefficient (Wildman–Crippen LogP) is 2.89. The van der Waals surface area contributed by atoms with Crippen LogP contribution in [-0.4, -0.2) is 25.0 Å². The first kappa shape index (κ1) is 14.1. The van der Waals surface area contributed by atoms with Crippen LogP contribution >= 0.6 is 0 Å². The molecular formula is C16H17NO3. The number of carbonyl (C=O) groups excluding carboxylic acids is 1. The molecule has 0 amide bonds. The van der Waals surface area contributed by atoms with Crippen LogP contribution in [0.2, 0.25) is 0 Å². The first-order valence-electron chi connectivity index (χ1n) is 6.40. The number of aryl methyl sites for hydroxylation is 1. The van der Waals surface area contributed by atoms with Crippen LogP contribution in [0, 0.1) is 0 Å². The smallest absolute Gasteiger partial charge is 0.193 e. The Morgan fingerprint density at radius 2 is 1.90 bits per heavy atom. The lowest BCUT2D eigenvalue weighted by Crippen LogP contribution is -2.06. The van der Waals surface area contributed by atoms with Crippen molar-refractivity contribution < 1.29 is 14.3 Å². The van der Waals surface area contributed by atoms with Crippen molar-refractivity contribution in [2.24, 2.45) is 0 Å². The molecule has 0 aliphatic rings. The number of ketones is 1. The average Bonchev–Trinajstić information content (AvgIpc) is 2.53. The van der Waals surface area contributed by atoms with Gasteiger partial charge in [0.15, 0.2) is 17.3 Å². The van der Waals surface area contributed by atoms with Crippen molar-refractivity contribution in [2.75, 3.05) is 14.2 Å². The molecule has 4 nitrogen and oxygen atoms in total. The standard InChI is InChI=1S/C16H17NO3/c1-4-11-10-17-8-7-13(11)16(18)12-5-6-14(19-2)15(9-12)20-3/h5-10H,4H2,1-3H3. The number of hydrogen-bond acceptors (Lipinski definition) is 4. The molecular weight excluding hydrogens is 254 g/mol. The molecule has 4 heteroatoms. The third kappa shape index (κ3) is 2.64. The average molecular weight is 271 g/mol. The van der Waals surface area contributed by atoms with E-state index in [1.165, 1.54) is 0 Å². The minimum absolute atomic E-state index is 0.0368. The molecule has 0 unspecified atom stereocenters. The second kappa shape index (κ2) is 6.19. The molecule has 2 rings (SSSR count). The molecule has 0 aliphatic carbocycles. The first-order chi connectivity index (χ1) is 9.71. The quantitative estimate of drug-likeness (QED) is 0.785. The summed E-state index contributed by atoms with van der Waals surface area (Å²) in [6.07, 6.45) is 4.13. The second-order valence-corrected chi connectivity index (χ2v) is 4.29. The highest BCUT2D eigenvalue weighted by Crippen LogP contribution is 2.28. The number of ether oxygens (including phenoxy) is 2. The highest BCUT2D eigenvalue weighted by molar-refractivity contribution is 6.10. The zero-order chi connectivity index (χ0) is 14.5. The lowest BCUT2D eigenvalue weighted by molar-refractivity contribution is 0.103. The maximum absolute atomic E-state index is 12.6. The van der Waals surface area contributed by atoms with Gasteiger partial charge >= 0.3 is 0 Å². The largest absolute Gasteiger partial charge is 0.493 e. The summed E-state index contributed by atoms with van der Waals surface area (Å²) >= 11 is 0. The Morgan fingerprint density at radius 1 is 1.15 bits per heavy atom. The number of nitrogens with zero attached hydrogens (tertiary/aromatic N) is 1. The number of pyridine rings is 1. The molecule has 0 saturated carbocycles. The van der Waals surface area contributed by atoms with Gasteiger partial charge in [0.1, 0.15) is 0 Å². The van der Waals surface area contributed by atoms with Crippen LogP contribution in [-0.2, 0) is 6.42 Å². The van der Waals surface area contributed by atoms with Crippen LogP contribution in [0.1, 0.15) is 28.4 Å². The lowest BCUT2D eigenvalue weighted by Gasteiger charge is -2.10. The molecule has 20 heavy (non-hydrogen) atoms. The van der Waals surface area contributed by atoms with Gasteiger partial charge in [0.05, 0.1) is 14.2 Å². The Kier molecular flexibility index (Phi) is 4.35. The molecule has 104 valence electrons. The summed E-state index contributed by atoms with van der Waals surface area (Å²) in [6, 6.07) is 6.92. The number of carbonyl (C=O) groups is 1. The maximum atomic E-state index is 12.6. The monoisotopic (exact) mass is 271 g/mol. The Hall–Kier alpha value is -2.36. The van der Waals surface area contributed by atoms with Gasteiger partial charge in [0.2, 0.25) is 0 Å². The number of rotatable bonds is 5. The predicted molar refractivity (Wildman–Crippen MR) is 76.6 cm³/mol. The van der Waals surface area contributed by atoms with Gasteiger partial charge in [0, 0.05) is 23.5 Å². The van der Waals surface area contributed by atoms with E-state index in [0.717, 1.165) is 12.0 Å². The minimum Gasteiger partial charge on any atom is -0.493 e. The molecule has 0 saturated heterocycles. The summed E-state index contributed by atoms with van der Waals surface area (Å²) in [5, 5.41) is 0. The molecule has 0 N–H and O–H groups in total. The zero-order valence-corrected chi connectivity index (χ0v) is 11.8. The SMILES string of the molecule is CCc1cnccc1C(=O)c1ccc(OC)c(OC)c1. The molecule has 1 aromatic heterocycles. The van der Waals surface area contributed by atoms with Gasteiger partial charge in [-0.15, -0.1) is 0 Å². The summed E-state index contributed by atoms with van der Waals surface area (Å²) in [6.45, 7) is 2.00. The molecule has 1 aromatic carbocycles. The van der Waals surface area contributed by atoms with Gasteiger partial charge in [-0.1, -0.05) is 6.92 Å². The summed E-state index contributed by atoms with van der Waals surface area (Å²) in [5.74, 6) is 1.12. The summed E-state index contributed by atoms with van der Waals surface area (Å²) in [5.41, 5.74) is 2.19. The van der Waals surface area contributed by atoms with Crippen molar-refractivity contribution in [3.05, 3.63) is 53.3 Å². The van der Waals surface area contributed by atoms with Crippen LogP contribution in [0.5, 0.6) is 11.5 Å². The molecule has 1 heterocycles. The number of hydrogen-bond donors (Lipinski definition) is 0. The first-order valence-corrected chi connectivity index (χ1v) is 6.40. The van der Waals surface area contributed by atoms with E-state index in [1.54, 1.807) is 50.9 Å². The zero-order valence-electron chi connectivity index (χ0n) is 11.8. The molecule has 2 aromatic rings. The lowest BCUT2D eigenvalue weighted by atomic mass is 9.98. The molecule has 0 radical (unpaired) electrons. The van der Waals surface area contributed by atoms with E-state index in [4.69, 9.17) is 9.47 Å². The highest BCUT2D eigenvalue weighted by Gasteiger charge is 2.15. The van der Waals surface area contributed by atoms with Crippen molar-refractivity contribution in [1.29, 1.82) is 0 Å². The van der Waals surface area contributed by atoms with E-state index in [1.807, 2.05) is 6.92 Å². The van der Waals surface area contributed by atoms with Crippen LogP contribution in [0.25, 0.3) is 0 Å². The van der Waals surface area contributed by atoms with Gasteiger partial charge in [0.25, 0.3) is 0 Å². The fourth-order valence-corrected chi connectivity index (χ4v) is 2.06. The van der Waals surface area contributed by atoms with Crippen molar-refractivity contribution in [3.63, 3.8) is 0 Å². The topological polar surface area (TPSA) is 48.4 Å². The van der Waals surface area contributed by atoms with Crippen molar-refractivity contribution in [3.8, 4) is 11.5 Å². The second-order valence-electron chi connectivity index (χ2n) is 4.29. The van der Waals surface area contributed by atoms with Gasteiger partial charge in [-0.3, -0.25) is 9.78 Å². The van der Waals surface area contributed by atoms with Gasteiger partial charge in [-0.25, -0.2) is 0 Å². The van der Waals surface area contributed by atoms with E-state index in [9.17, 15) is 4.79 Å². The fraction of sp³-hybridized carbons (Fsp3) is 0.250. The summed E-state index contributed by atoms with van der Waals surface area (Å²) < 4.78 is 10.4. The number of methoxy groups -OCH3 is 2. The van der Waals surface area contributed by atoms with Crippen molar-refractivity contribution in [1.82, 2.24) is 4.98 Å². The van der Waals surface area contributed by atoms with Crippen LogP contribution in [0.15, 0.2) is 36.7 Å². The number of aromatic nitrogens is 1. The van der Waals surface area contributed by atoms with Gasteiger partial charge in [-0.2, -0.15) is 0 Å². The maximum Gasteiger partial charge on any atom is 0.193 e. The summed E-state index contributed by atoms with van der Waals surface area (Å²) in [4.78, 5) is 16.6. The Labute approximate surface area is 118 Å². The van der Waals surface area contributed by atoms with Crippen LogP contribution in [0.4, 0.5) is 0 Å². The molecule has 0 bridgehead atoms. The normalized spacial score (nSPS) is 10.2. The summed E-state index contributed by atoms with van der Waals surface area (Å²) in [7, 11) is 3.12. The third-order valence-electron chi connectivity index (χ3n) is 3.17. The van der Waals surface area contributed by atoms with Crippen molar-refractivity contribution >= 4 is 5.78 Å². The molecule has 0 atom stereocenters. The Bertz CT molecular complexity index is 623. The van der Waals surface area contributed by atoms with E-state index in [0.29, 0.717) is 22.6 Å². The van der Waals surface area contributed by atoms with E-state index < -0.39 is 0 Å². The molecule has 0 aliphatic heterocycles. The van der Waals surface area contributed by atoms with Crippen LogP contribution < -0.4 is 9.47 Å². The van der Waals surface area contributed by atoms with Crippen LogP contribution in [0.3, 0.4) is 0 Å². The third-order valence-corrected chi connectivity index (χ3v) is 3.17. The van der Waals surface area contributed by atoms with Crippen molar-refractivity contribution in [2.45, 2.75) is 13.3 Å². The van der Waals surface area contributed by atoms with E-state index in [2.05, 4.69) is 4.98 Å². The van der Waals surface area contributed by atoms with Gasteiger partial charge in [-0.05, 0) is 36.2 Å².